The molecule has 1 unspecified atom stereocenters. The van der Waals surface area contributed by atoms with Crippen molar-refractivity contribution >= 4 is 29.1 Å². The van der Waals surface area contributed by atoms with Crippen LogP contribution in [0, 0.1) is 0 Å². The van der Waals surface area contributed by atoms with Gasteiger partial charge in [-0.05, 0) is 36.2 Å². The minimum Gasteiger partial charge on any atom is -0.507 e. The number of amides is 1. The third-order valence-corrected chi connectivity index (χ3v) is 6.28. The lowest BCUT2D eigenvalue weighted by molar-refractivity contribution is -0.140. The molecule has 2 aromatic carbocycles. The number of carbonyl (C=O) groups excluding carboxylic acids is 2. The van der Waals surface area contributed by atoms with E-state index in [1.165, 1.54) is 12.0 Å². The number of nitrogens with zero attached hydrogens (tertiary/aromatic N) is 2. The minimum atomic E-state index is -0.738. The Morgan fingerprint density at radius 2 is 1.88 bits per heavy atom. The van der Waals surface area contributed by atoms with Gasteiger partial charge in [-0.15, -0.1) is 0 Å². The quantitative estimate of drug-likeness (QED) is 0.379. The van der Waals surface area contributed by atoms with E-state index in [9.17, 15) is 14.7 Å². The van der Waals surface area contributed by atoms with Crippen LogP contribution < -0.4 is 4.74 Å². The van der Waals surface area contributed by atoms with E-state index in [1.807, 2.05) is 6.07 Å². The fraction of sp³-hybridized carbons (Fsp3) is 0.360. The molecule has 0 bridgehead atoms. The zero-order valence-electron chi connectivity index (χ0n) is 18.5. The molecule has 2 aromatic rings. The maximum absolute atomic E-state index is 13.2. The van der Waals surface area contributed by atoms with E-state index < -0.39 is 17.7 Å². The highest BCUT2D eigenvalue weighted by molar-refractivity contribution is 6.46. The highest BCUT2D eigenvalue weighted by Gasteiger charge is 2.46. The predicted molar refractivity (Wildman–Crippen MR) is 125 cm³/mol. The number of morpholine rings is 1. The molecule has 2 aliphatic heterocycles. The normalized spacial score (nSPS) is 20.9. The van der Waals surface area contributed by atoms with Crippen molar-refractivity contribution in [2.45, 2.75) is 12.5 Å². The zero-order valence-corrected chi connectivity index (χ0v) is 19.3. The van der Waals surface area contributed by atoms with Crippen LogP contribution in [0.2, 0.25) is 5.02 Å². The third-order valence-electron chi connectivity index (χ3n) is 6.04. The van der Waals surface area contributed by atoms with Gasteiger partial charge in [0.05, 0.1) is 37.5 Å². The molecule has 33 heavy (non-hydrogen) atoms. The van der Waals surface area contributed by atoms with Crippen LogP contribution in [0.3, 0.4) is 0 Å². The number of hydrogen-bond acceptors (Lipinski definition) is 6. The summed E-state index contributed by atoms with van der Waals surface area (Å²) in [5, 5.41) is 11.7. The van der Waals surface area contributed by atoms with Crippen LogP contribution in [0.25, 0.3) is 5.76 Å². The summed E-state index contributed by atoms with van der Waals surface area (Å²) < 4.78 is 10.8. The van der Waals surface area contributed by atoms with Gasteiger partial charge in [0.15, 0.2) is 0 Å². The van der Waals surface area contributed by atoms with E-state index in [4.69, 9.17) is 21.1 Å². The zero-order chi connectivity index (χ0) is 23.4. The van der Waals surface area contributed by atoms with E-state index in [1.54, 1.807) is 42.5 Å². The predicted octanol–water partition coefficient (Wildman–Crippen LogP) is 3.49. The number of ketones is 1. The smallest absolute Gasteiger partial charge is 0.295 e. The number of para-hydroxylation sites is 1. The molecule has 1 atom stereocenters. The molecule has 1 amide bonds. The molecule has 2 fully saturated rings. The summed E-state index contributed by atoms with van der Waals surface area (Å²) in [6, 6.07) is 13.2. The number of hydrogen-bond donors (Lipinski definition) is 1. The van der Waals surface area contributed by atoms with Gasteiger partial charge in [-0.3, -0.25) is 14.5 Å². The number of methoxy groups -OCH3 is 1. The largest absolute Gasteiger partial charge is 0.507 e. The third kappa shape index (κ3) is 4.90. The van der Waals surface area contributed by atoms with E-state index in [0.29, 0.717) is 48.1 Å². The SMILES string of the molecule is COc1ccccc1/C(O)=C1\C(=O)C(=O)N(CCCN2CCOCC2)C1c1cccc(Cl)c1. The molecule has 0 radical (unpaired) electrons. The number of Topliss-reactive ketones (excluding diaryl/α,β-unsaturated/α-hetero) is 1. The lowest BCUT2D eigenvalue weighted by Gasteiger charge is -2.29. The molecule has 0 saturated carbocycles. The van der Waals surface area contributed by atoms with Crippen LogP contribution >= 0.6 is 11.6 Å². The average Bonchev–Trinajstić information content (AvgIpc) is 3.09. The maximum atomic E-state index is 13.2. The molecule has 1 N–H and O–H groups in total. The molecule has 2 aliphatic rings. The Morgan fingerprint density at radius 3 is 2.61 bits per heavy atom. The molecule has 2 saturated heterocycles. The second-order valence-electron chi connectivity index (χ2n) is 8.06. The van der Waals surface area contributed by atoms with E-state index in [2.05, 4.69) is 4.90 Å². The van der Waals surface area contributed by atoms with Crippen LogP contribution in [0.5, 0.6) is 5.75 Å². The van der Waals surface area contributed by atoms with Crippen LogP contribution in [-0.2, 0) is 14.3 Å². The fourth-order valence-corrected chi connectivity index (χ4v) is 4.61. The van der Waals surface area contributed by atoms with Crippen LogP contribution in [-0.4, -0.2) is 73.1 Å². The highest BCUT2D eigenvalue weighted by Crippen LogP contribution is 2.41. The van der Waals surface area contributed by atoms with Crippen molar-refractivity contribution in [3.05, 3.63) is 70.3 Å². The van der Waals surface area contributed by atoms with Gasteiger partial charge in [0.25, 0.3) is 11.7 Å². The lowest BCUT2D eigenvalue weighted by Crippen LogP contribution is -2.38. The molecule has 2 heterocycles. The van der Waals surface area contributed by atoms with Gasteiger partial charge in [-0.1, -0.05) is 35.9 Å². The maximum Gasteiger partial charge on any atom is 0.295 e. The van der Waals surface area contributed by atoms with Gasteiger partial charge in [0, 0.05) is 31.2 Å². The van der Waals surface area contributed by atoms with E-state index in [-0.39, 0.29) is 11.3 Å². The second kappa shape index (κ2) is 10.4. The van der Waals surface area contributed by atoms with Gasteiger partial charge >= 0.3 is 0 Å². The molecule has 8 heteroatoms. The monoisotopic (exact) mass is 470 g/mol. The van der Waals surface area contributed by atoms with Crippen LogP contribution in [0.4, 0.5) is 0 Å². The van der Waals surface area contributed by atoms with Gasteiger partial charge < -0.3 is 19.5 Å². The number of rotatable bonds is 7. The van der Waals surface area contributed by atoms with Crippen LogP contribution in [0.15, 0.2) is 54.1 Å². The molecular weight excluding hydrogens is 444 g/mol. The van der Waals surface area contributed by atoms with Gasteiger partial charge in [0.2, 0.25) is 0 Å². The summed E-state index contributed by atoms with van der Waals surface area (Å²) in [4.78, 5) is 30.1. The number of carbonyl (C=O) groups is 2. The van der Waals surface area contributed by atoms with E-state index in [0.717, 1.165) is 19.6 Å². The van der Waals surface area contributed by atoms with Crippen molar-refractivity contribution in [1.29, 1.82) is 0 Å². The summed E-state index contributed by atoms with van der Waals surface area (Å²) in [5.41, 5.74) is 1.07. The first-order valence-electron chi connectivity index (χ1n) is 11.0. The number of likely N-dealkylation sites (tertiary alicyclic amines) is 1. The first-order valence-corrected chi connectivity index (χ1v) is 11.4. The number of halogens is 1. The molecule has 4 rings (SSSR count). The Labute approximate surface area is 198 Å². The Balaban J connectivity index is 1.70. The Bertz CT molecular complexity index is 1060. The first-order chi connectivity index (χ1) is 16.0. The Hall–Kier alpha value is -2.87. The summed E-state index contributed by atoms with van der Waals surface area (Å²) in [6.07, 6.45) is 0.693. The van der Waals surface area contributed by atoms with Gasteiger partial charge in [-0.2, -0.15) is 0 Å². The second-order valence-corrected chi connectivity index (χ2v) is 8.49. The fourth-order valence-electron chi connectivity index (χ4n) is 4.41. The van der Waals surface area contributed by atoms with Crippen molar-refractivity contribution in [1.82, 2.24) is 9.80 Å². The number of aliphatic hydroxyl groups is 1. The Morgan fingerprint density at radius 1 is 1.12 bits per heavy atom. The van der Waals surface area contributed by atoms with Crippen molar-refractivity contribution in [3.8, 4) is 5.75 Å². The average molecular weight is 471 g/mol. The standard InChI is InChI=1S/C25H27ClN2O5/c1-32-20-9-3-2-8-19(20)23(29)21-22(17-6-4-7-18(26)16-17)28(25(31)24(21)30)11-5-10-27-12-14-33-15-13-27/h2-4,6-9,16,22,29H,5,10-15H2,1H3/b23-21+. The molecule has 0 spiro atoms. The van der Waals surface area contributed by atoms with Crippen molar-refractivity contribution < 1.29 is 24.2 Å². The summed E-state index contributed by atoms with van der Waals surface area (Å²) in [5.74, 6) is -1.18. The molecular formula is C25H27ClN2O5. The topological polar surface area (TPSA) is 79.3 Å². The lowest BCUT2D eigenvalue weighted by atomic mass is 9.95. The molecule has 7 nitrogen and oxygen atoms in total. The number of benzene rings is 2. The van der Waals surface area contributed by atoms with Gasteiger partial charge in [-0.25, -0.2) is 0 Å². The van der Waals surface area contributed by atoms with Crippen LogP contribution in [0.1, 0.15) is 23.6 Å². The van der Waals surface area contributed by atoms with Crippen molar-refractivity contribution in [2.75, 3.05) is 46.5 Å². The highest BCUT2D eigenvalue weighted by atomic mass is 35.5. The molecule has 0 aromatic heterocycles. The van der Waals surface area contributed by atoms with Crippen molar-refractivity contribution in [3.63, 3.8) is 0 Å². The number of ether oxygens (including phenoxy) is 2. The summed E-state index contributed by atoms with van der Waals surface area (Å²) in [6.45, 7) is 4.27. The first kappa shape index (κ1) is 23.3. The van der Waals surface area contributed by atoms with Gasteiger partial charge in [0.1, 0.15) is 11.5 Å². The minimum absolute atomic E-state index is 0.0399. The summed E-state index contributed by atoms with van der Waals surface area (Å²) >= 11 is 6.24. The Kier molecular flexibility index (Phi) is 7.33. The molecule has 174 valence electrons. The molecule has 0 aliphatic carbocycles. The van der Waals surface area contributed by atoms with E-state index >= 15 is 0 Å². The van der Waals surface area contributed by atoms with Crippen molar-refractivity contribution in [2.24, 2.45) is 0 Å². The number of aliphatic hydroxyl groups excluding tert-OH is 1. The summed E-state index contributed by atoms with van der Waals surface area (Å²) in [7, 11) is 1.49.